The fourth-order valence-electron chi connectivity index (χ4n) is 4.71. The van der Waals surface area contributed by atoms with Gasteiger partial charge in [0.1, 0.15) is 5.56 Å². The number of rotatable bonds is 5. The number of halogens is 1. The molecule has 2 heterocycles. The number of fused-ring (bicyclic) bond motifs is 1. The Hall–Kier alpha value is -2.44. The van der Waals surface area contributed by atoms with Crippen LogP contribution in [0.15, 0.2) is 35.1 Å². The van der Waals surface area contributed by atoms with Gasteiger partial charge in [-0.25, -0.2) is 0 Å². The number of hydrogen-bond donors (Lipinski definition) is 2. The van der Waals surface area contributed by atoms with E-state index in [1.54, 1.807) is 0 Å². The number of carbonyl (C=O) groups is 2. The van der Waals surface area contributed by atoms with E-state index in [-0.39, 0.29) is 22.8 Å². The van der Waals surface area contributed by atoms with Gasteiger partial charge in [0.15, 0.2) is 5.78 Å². The van der Waals surface area contributed by atoms with Crippen molar-refractivity contribution in [1.29, 1.82) is 0 Å². The molecular weight excluding hydrogens is 414 g/mol. The molecule has 0 radical (unpaired) electrons. The molecule has 0 bridgehead atoms. The third-order valence-corrected chi connectivity index (χ3v) is 6.47. The molecule has 164 valence electrons. The average molecular weight is 442 g/mol. The molecule has 2 N–H and O–H groups in total. The van der Waals surface area contributed by atoms with Gasteiger partial charge in [0.2, 0.25) is 0 Å². The second kappa shape index (κ2) is 8.60. The molecule has 2 aliphatic rings. The number of amides is 1. The summed E-state index contributed by atoms with van der Waals surface area (Å²) in [6, 6.07) is 9.10. The first-order chi connectivity index (χ1) is 14.7. The second-order valence-corrected chi connectivity index (χ2v) is 9.81. The van der Waals surface area contributed by atoms with Gasteiger partial charge in [0, 0.05) is 29.2 Å². The van der Waals surface area contributed by atoms with E-state index in [4.69, 9.17) is 11.6 Å². The van der Waals surface area contributed by atoms with Crippen LogP contribution in [0.1, 0.15) is 71.1 Å². The third-order valence-electron chi connectivity index (χ3n) is 6.23. The van der Waals surface area contributed by atoms with Gasteiger partial charge in [0.25, 0.3) is 11.5 Å². The lowest BCUT2D eigenvalue weighted by atomic mass is 9.75. The van der Waals surface area contributed by atoms with Gasteiger partial charge in [-0.1, -0.05) is 37.6 Å². The molecular formula is C24H28ClN3O3. The summed E-state index contributed by atoms with van der Waals surface area (Å²) in [5, 5.41) is 3.57. The molecule has 1 atom stereocenters. The van der Waals surface area contributed by atoms with Crippen LogP contribution in [0.5, 0.6) is 0 Å². The summed E-state index contributed by atoms with van der Waals surface area (Å²) in [5.41, 5.74) is 1.44. The Morgan fingerprint density at radius 2 is 1.94 bits per heavy atom. The zero-order chi connectivity index (χ0) is 22.2. The van der Waals surface area contributed by atoms with Crippen molar-refractivity contribution in [3.63, 3.8) is 0 Å². The molecule has 1 fully saturated rings. The molecule has 0 saturated carbocycles. The number of Topliss-reactive ketones (excluding diaryl/α,β-unsaturated/α-hetero) is 1. The van der Waals surface area contributed by atoms with Gasteiger partial charge in [-0.2, -0.15) is 0 Å². The molecule has 1 aliphatic heterocycles. The van der Waals surface area contributed by atoms with E-state index >= 15 is 0 Å². The van der Waals surface area contributed by atoms with E-state index in [2.05, 4.69) is 15.2 Å². The molecule has 6 nitrogen and oxygen atoms in total. The Labute approximate surface area is 187 Å². The maximum absolute atomic E-state index is 12.9. The van der Waals surface area contributed by atoms with E-state index in [1.165, 1.54) is 6.07 Å². The maximum Gasteiger partial charge on any atom is 0.261 e. The summed E-state index contributed by atoms with van der Waals surface area (Å²) in [5.74, 6) is -0.502. The number of hydrogen-bond acceptors (Lipinski definition) is 4. The fraction of sp³-hybridized carbons (Fsp3) is 0.458. The number of aromatic nitrogens is 1. The summed E-state index contributed by atoms with van der Waals surface area (Å²) in [7, 11) is 0. The fourth-order valence-corrected chi connectivity index (χ4v) is 4.90. The van der Waals surface area contributed by atoms with Crippen LogP contribution < -0.4 is 10.9 Å². The number of ketones is 1. The molecule has 1 saturated heterocycles. The van der Waals surface area contributed by atoms with E-state index in [0.29, 0.717) is 35.7 Å². The Morgan fingerprint density at radius 1 is 1.19 bits per heavy atom. The van der Waals surface area contributed by atoms with E-state index in [0.717, 1.165) is 31.5 Å². The van der Waals surface area contributed by atoms with Crippen molar-refractivity contribution in [1.82, 2.24) is 15.2 Å². The Bertz CT molecular complexity index is 1070. The number of likely N-dealkylation sites (tertiary alicyclic amines) is 1. The molecule has 1 aliphatic carbocycles. The molecule has 0 spiro atoms. The minimum Gasteiger partial charge on any atom is -0.350 e. The Balaban J connectivity index is 1.55. The average Bonchev–Trinajstić information content (AvgIpc) is 3.21. The number of H-pyrrole nitrogens is 1. The molecule has 1 aromatic carbocycles. The van der Waals surface area contributed by atoms with Crippen LogP contribution in [0.2, 0.25) is 5.02 Å². The largest absolute Gasteiger partial charge is 0.350 e. The number of nitrogens with one attached hydrogen (secondary N) is 2. The smallest absolute Gasteiger partial charge is 0.261 e. The highest BCUT2D eigenvalue weighted by atomic mass is 35.5. The maximum atomic E-state index is 12.9. The van der Waals surface area contributed by atoms with Crippen molar-refractivity contribution >= 4 is 23.3 Å². The van der Waals surface area contributed by atoms with Crippen LogP contribution in [0.25, 0.3) is 0 Å². The summed E-state index contributed by atoms with van der Waals surface area (Å²) in [6.07, 6.45) is 3.25. The first kappa shape index (κ1) is 21.8. The summed E-state index contributed by atoms with van der Waals surface area (Å²) >= 11 is 6.19. The number of benzene rings is 1. The van der Waals surface area contributed by atoms with Crippen molar-refractivity contribution in [2.45, 2.75) is 45.6 Å². The number of pyridine rings is 1. The molecule has 2 aromatic rings. The van der Waals surface area contributed by atoms with Crippen LogP contribution >= 0.6 is 11.6 Å². The minimum atomic E-state index is -0.465. The van der Waals surface area contributed by atoms with Crippen LogP contribution in [0.4, 0.5) is 0 Å². The summed E-state index contributed by atoms with van der Waals surface area (Å²) in [4.78, 5) is 43.2. The summed E-state index contributed by atoms with van der Waals surface area (Å²) < 4.78 is 0. The van der Waals surface area contributed by atoms with Crippen LogP contribution in [0.3, 0.4) is 0 Å². The topological polar surface area (TPSA) is 82.3 Å². The van der Waals surface area contributed by atoms with Gasteiger partial charge in [-0.05, 0) is 61.5 Å². The zero-order valence-corrected chi connectivity index (χ0v) is 18.7. The lowest BCUT2D eigenvalue weighted by Gasteiger charge is -2.30. The molecule has 1 amide bonds. The highest BCUT2D eigenvalue weighted by Crippen LogP contribution is 2.33. The van der Waals surface area contributed by atoms with Gasteiger partial charge < -0.3 is 10.3 Å². The molecule has 31 heavy (non-hydrogen) atoms. The van der Waals surface area contributed by atoms with Crippen molar-refractivity contribution in [2.24, 2.45) is 5.41 Å². The van der Waals surface area contributed by atoms with Crippen molar-refractivity contribution < 1.29 is 9.59 Å². The third kappa shape index (κ3) is 4.75. The standard InChI is InChI=1S/C24H28ClN3O3/c1-24(2)12-19-17(21(29)13-24)11-18(23(31)27-19)22(30)26-14-20(28-8-3-4-9-28)15-6-5-7-16(25)10-15/h5-7,10-11,20H,3-4,8-9,12-14H2,1-2H3,(H,26,30)(H,27,31). The molecule has 7 heteroatoms. The lowest BCUT2D eigenvalue weighted by Crippen LogP contribution is -2.39. The van der Waals surface area contributed by atoms with E-state index < -0.39 is 11.5 Å². The number of carbonyl (C=O) groups excluding carboxylic acids is 2. The van der Waals surface area contributed by atoms with Crippen molar-refractivity contribution in [2.75, 3.05) is 19.6 Å². The SMILES string of the molecule is CC1(C)CC(=O)c2cc(C(=O)NCC(c3cccc(Cl)c3)N3CCCC3)c(=O)[nH]c2C1. The van der Waals surface area contributed by atoms with E-state index in [9.17, 15) is 14.4 Å². The minimum absolute atomic E-state index is 0.0157. The van der Waals surface area contributed by atoms with Gasteiger partial charge >= 0.3 is 0 Å². The monoisotopic (exact) mass is 441 g/mol. The first-order valence-corrected chi connectivity index (χ1v) is 11.2. The van der Waals surface area contributed by atoms with Gasteiger partial charge in [0.05, 0.1) is 6.04 Å². The molecule has 1 aromatic heterocycles. The highest BCUT2D eigenvalue weighted by Gasteiger charge is 2.33. The normalized spacial score (nSPS) is 19.1. The van der Waals surface area contributed by atoms with Crippen LogP contribution in [-0.4, -0.2) is 41.2 Å². The van der Waals surface area contributed by atoms with Crippen LogP contribution in [0, 0.1) is 5.41 Å². The number of nitrogens with zero attached hydrogens (tertiary/aromatic N) is 1. The summed E-state index contributed by atoms with van der Waals surface area (Å²) in [6.45, 7) is 6.27. The number of aromatic amines is 1. The van der Waals surface area contributed by atoms with Gasteiger partial charge in [-0.15, -0.1) is 0 Å². The predicted octanol–water partition coefficient (Wildman–Crippen LogP) is 3.75. The Kier molecular flexibility index (Phi) is 6.04. The van der Waals surface area contributed by atoms with Crippen LogP contribution in [-0.2, 0) is 6.42 Å². The zero-order valence-electron chi connectivity index (χ0n) is 18.0. The van der Waals surface area contributed by atoms with E-state index in [1.807, 2.05) is 38.1 Å². The van der Waals surface area contributed by atoms with Crippen molar-refractivity contribution in [3.8, 4) is 0 Å². The quantitative estimate of drug-likeness (QED) is 0.740. The predicted molar refractivity (Wildman–Crippen MR) is 121 cm³/mol. The second-order valence-electron chi connectivity index (χ2n) is 9.37. The van der Waals surface area contributed by atoms with Gasteiger partial charge in [-0.3, -0.25) is 19.3 Å². The highest BCUT2D eigenvalue weighted by molar-refractivity contribution is 6.30. The Morgan fingerprint density at radius 3 is 2.65 bits per heavy atom. The molecule has 1 unspecified atom stereocenters. The molecule has 4 rings (SSSR count). The lowest BCUT2D eigenvalue weighted by molar-refractivity contribution is 0.0910. The van der Waals surface area contributed by atoms with Crippen molar-refractivity contribution in [3.05, 3.63) is 68.1 Å². The first-order valence-electron chi connectivity index (χ1n) is 10.8.